The molecule has 0 unspecified atom stereocenters. The molecule has 0 saturated heterocycles. The summed E-state index contributed by atoms with van der Waals surface area (Å²) in [6.45, 7) is 0. The van der Waals surface area contributed by atoms with Gasteiger partial charge in [-0.3, -0.25) is 0 Å². The maximum Gasteiger partial charge on any atom is 0.230 e. The number of aromatic nitrogens is 1. The van der Waals surface area contributed by atoms with E-state index in [-0.39, 0.29) is 0 Å². The fourth-order valence-corrected chi connectivity index (χ4v) is 1.92. The largest absolute Gasteiger partial charge is 0.496 e. The lowest BCUT2D eigenvalue weighted by Crippen LogP contribution is -1.90. The molecule has 0 aliphatic heterocycles. The average Bonchev–Trinajstić information content (AvgIpc) is 2.74. The Balaban J connectivity index is 2.57. The van der Waals surface area contributed by atoms with E-state index in [1.165, 1.54) is 0 Å². The number of nitrogens with zero attached hydrogens (tertiary/aromatic N) is 1. The molecule has 2 rings (SSSR count). The molecule has 5 heteroatoms. The van der Waals surface area contributed by atoms with Crippen LogP contribution in [-0.4, -0.2) is 18.5 Å². The summed E-state index contributed by atoms with van der Waals surface area (Å²) in [6.07, 6.45) is 3.61. The van der Waals surface area contributed by atoms with E-state index in [2.05, 4.69) is 5.16 Å². The number of rotatable bonds is 3. The lowest BCUT2D eigenvalue weighted by molar-refractivity contribution is 0.416. The van der Waals surface area contributed by atoms with Crippen molar-refractivity contribution in [3.05, 3.63) is 24.4 Å². The SMILES string of the molecule is COc1ccc(SC)cc1-c1cnoc1N. The maximum atomic E-state index is 5.70. The Labute approximate surface area is 97.8 Å². The Morgan fingerprint density at radius 1 is 1.38 bits per heavy atom. The summed E-state index contributed by atoms with van der Waals surface area (Å²) < 4.78 is 10.1. The quantitative estimate of drug-likeness (QED) is 0.830. The van der Waals surface area contributed by atoms with Gasteiger partial charge in [0.05, 0.1) is 18.9 Å². The lowest BCUT2D eigenvalue weighted by Gasteiger charge is -2.08. The van der Waals surface area contributed by atoms with E-state index in [4.69, 9.17) is 15.0 Å². The normalized spacial score (nSPS) is 10.4. The summed E-state index contributed by atoms with van der Waals surface area (Å²) in [5, 5.41) is 3.67. The van der Waals surface area contributed by atoms with Crippen LogP contribution in [0.15, 0.2) is 33.8 Å². The van der Waals surface area contributed by atoms with Crippen LogP contribution in [-0.2, 0) is 0 Å². The molecule has 0 bridgehead atoms. The number of ether oxygens (including phenoxy) is 1. The molecular formula is C11H12N2O2S. The van der Waals surface area contributed by atoms with Gasteiger partial charge in [0.2, 0.25) is 5.88 Å². The fourth-order valence-electron chi connectivity index (χ4n) is 1.48. The molecule has 16 heavy (non-hydrogen) atoms. The fraction of sp³-hybridized carbons (Fsp3) is 0.182. The van der Waals surface area contributed by atoms with Crippen molar-refractivity contribution in [2.75, 3.05) is 19.1 Å². The second kappa shape index (κ2) is 4.49. The van der Waals surface area contributed by atoms with Gasteiger partial charge in [-0.15, -0.1) is 11.8 Å². The first-order valence-corrected chi connectivity index (χ1v) is 5.91. The minimum atomic E-state index is 0.302. The number of benzene rings is 1. The van der Waals surface area contributed by atoms with E-state index in [1.54, 1.807) is 25.1 Å². The summed E-state index contributed by atoms with van der Waals surface area (Å²) >= 11 is 1.66. The molecule has 0 saturated carbocycles. The zero-order valence-electron chi connectivity index (χ0n) is 9.06. The van der Waals surface area contributed by atoms with Gasteiger partial charge in [-0.25, -0.2) is 0 Å². The Morgan fingerprint density at radius 3 is 2.75 bits per heavy atom. The Bertz CT molecular complexity index is 496. The standard InChI is InChI=1S/C11H12N2O2S/c1-14-10-4-3-7(16-2)5-8(10)9-6-13-15-11(9)12/h3-6H,12H2,1-2H3. The molecule has 0 aliphatic carbocycles. The molecule has 84 valence electrons. The minimum Gasteiger partial charge on any atom is -0.496 e. The number of hydrogen-bond acceptors (Lipinski definition) is 5. The van der Waals surface area contributed by atoms with Crippen molar-refractivity contribution >= 4 is 17.6 Å². The highest BCUT2D eigenvalue weighted by molar-refractivity contribution is 7.98. The summed E-state index contributed by atoms with van der Waals surface area (Å²) in [6, 6.07) is 5.91. The number of nitrogen functional groups attached to an aromatic ring is 1. The Hall–Kier alpha value is -1.62. The van der Waals surface area contributed by atoms with Crippen LogP contribution in [0.5, 0.6) is 5.75 Å². The van der Waals surface area contributed by atoms with Crippen molar-refractivity contribution in [1.82, 2.24) is 5.16 Å². The van der Waals surface area contributed by atoms with Gasteiger partial charge in [0.1, 0.15) is 5.75 Å². The summed E-state index contributed by atoms with van der Waals surface area (Å²) in [5.74, 6) is 1.06. The van der Waals surface area contributed by atoms with Crippen molar-refractivity contribution in [1.29, 1.82) is 0 Å². The summed E-state index contributed by atoms with van der Waals surface area (Å²) in [4.78, 5) is 1.14. The highest BCUT2D eigenvalue weighted by Gasteiger charge is 2.12. The van der Waals surface area contributed by atoms with Crippen molar-refractivity contribution in [3.8, 4) is 16.9 Å². The van der Waals surface area contributed by atoms with E-state index in [0.717, 1.165) is 21.8 Å². The Morgan fingerprint density at radius 2 is 2.19 bits per heavy atom. The maximum absolute atomic E-state index is 5.70. The van der Waals surface area contributed by atoms with Gasteiger partial charge >= 0.3 is 0 Å². The smallest absolute Gasteiger partial charge is 0.230 e. The van der Waals surface area contributed by atoms with E-state index < -0.39 is 0 Å². The number of nitrogens with two attached hydrogens (primary N) is 1. The number of anilines is 1. The zero-order valence-corrected chi connectivity index (χ0v) is 9.88. The van der Waals surface area contributed by atoms with E-state index in [1.807, 2.05) is 24.5 Å². The van der Waals surface area contributed by atoms with Gasteiger partial charge in [-0.2, -0.15) is 0 Å². The first-order chi connectivity index (χ1) is 7.76. The molecule has 2 N–H and O–H groups in total. The van der Waals surface area contributed by atoms with Gasteiger partial charge in [-0.05, 0) is 24.5 Å². The Kier molecular flexibility index (Phi) is 3.05. The third-order valence-corrected chi connectivity index (χ3v) is 3.02. The van der Waals surface area contributed by atoms with Crippen LogP contribution < -0.4 is 10.5 Å². The molecule has 0 radical (unpaired) electrons. The van der Waals surface area contributed by atoms with E-state index in [9.17, 15) is 0 Å². The summed E-state index contributed by atoms with van der Waals surface area (Å²) in [5.41, 5.74) is 7.35. The predicted octanol–water partition coefficient (Wildman–Crippen LogP) is 2.65. The summed E-state index contributed by atoms with van der Waals surface area (Å²) in [7, 11) is 1.63. The predicted molar refractivity (Wildman–Crippen MR) is 64.7 cm³/mol. The molecule has 4 nitrogen and oxygen atoms in total. The van der Waals surface area contributed by atoms with Crippen molar-refractivity contribution < 1.29 is 9.26 Å². The van der Waals surface area contributed by atoms with Crippen molar-refractivity contribution in [3.63, 3.8) is 0 Å². The van der Waals surface area contributed by atoms with Crippen LogP contribution in [0.2, 0.25) is 0 Å². The lowest BCUT2D eigenvalue weighted by atomic mass is 10.1. The molecule has 0 aliphatic rings. The van der Waals surface area contributed by atoms with Gasteiger partial charge in [-0.1, -0.05) is 5.16 Å². The number of hydrogen-bond donors (Lipinski definition) is 1. The molecule has 1 aromatic heterocycles. The third kappa shape index (κ3) is 1.86. The molecule has 0 atom stereocenters. The molecule has 0 spiro atoms. The van der Waals surface area contributed by atoms with Gasteiger partial charge in [0.15, 0.2) is 0 Å². The molecule has 1 heterocycles. The average molecular weight is 236 g/mol. The van der Waals surface area contributed by atoms with Crippen LogP contribution in [0.4, 0.5) is 5.88 Å². The molecule has 1 aromatic carbocycles. The van der Waals surface area contributed by atoms with E-state index >= 15 is 0 Å². The van der Waals surface area contributed by atoms with Crippen molar-refractivity contribution in [2.45, 2.75) is 4.90 Å². The van der Waals surface area contributed by atoms with Gasteiger partial charge < -0.3 is 15.0 Å². The van der Waals surface area contributed by atoms with Crippen molar-refractivity contribution in [2.24, 2.45) is 0 Å². The molecule has 0 amide bonds. The monoisotopic (exact) mass is 236 g/mol. The highest BCUT2D eigenvalue weighted by atomic mass is 32.2. The molecule has 0 fully saturated rings. The topological polar surface area (TPSA) is 61.3 Å². The number of thioether (sulfide) groups is 1. The van der Waals surface area contributed by atoms with Crippen LogP contribution in [0.1, 0.15) is 0 Å². The van der Waals surface area contributed by atoms with E-state index in [0.29, 0.717) is 5.88 Å². The second-order valence-electron chi connectivity index (χ2n) is 3.17. The zero-order chi connectivity index (χ0) is 11.5. The van der Waals surface area contributed by atoms with Gasteiger partial charge in [0.25, 0.3) is 0 Å². The van der Waals surface area contributed by atoms with Crippen LogP contribution in [0.3, 0.4) is 0 Å². The molecular weight excluding hydrogens is 224 g/mol. The second-order valence-corrected chi connectivity index (χ2v) is 4.05. The number of methoxy groups -OCH3 is 1. The molecule has 2 aromatic rings. The highest BCUT2D eigenvalue weighted by Crippen LogP contribution is 2.36. The first-order valence-electron chi connectivity index (χ1n) is 4.69. The van der Waals surface area contributed by atoms with Crippen LogP contribution in [0, 0.1) is 0 Å². The minimum absolute atomic E-state index is 0.302. The van der Waals surface area contributed by atoms with Gasteiger partial charge in [0, 0.05) is 10.5 Å². The first kappa shape index (κ1) is 10.9. The van der Waals surface area contributed by atoms with Crippen LogP contribution in [0.25, 0.3) is 11.1 Å². The van der Waals surface area contributed by atoms with Crippen LogP contribution >= 0.6 is 11.8 Å². The third-order valence-electron chi connectivity index (χ3n) is 2.30.